The lowest BCUT2D eigenvalue weighted by atomic mass is 9.79. The lowest BCUT2D eigenvalue weighted by molar-refractivity contribution is -0.384. The lowest BCUT2D eigenvalue weighted by Gasteiger charge is -2.35. The van der Waals surface area contributed by atoms with Crippen molar-refractivity contribution in [3.8, 4) is 0 Å². The molecule has 0 saturated heterocycles. The van der Waals surface area contributed by atoms with Gasteiger partial charge in [0.15, 0.2) is 0 Å². The van der Waals surface area contributed by atoms with E-state index in [4.69, 9.17) is 11.6 Å². The Morgan fingerprint density at radius 2 is 2.33 bits per heavy atom. The average molecular weight is 313 g/mol. The second-order valence-corrected chi connectivity index (χ2v) is 6.47. The minimum absolute atomic E-state index is 0.0107. The molecule has 2 atom stereocenters. The third kappa shape index (κ3) is 4.40. The Labute approximate surface area is 129 Å². The zero-order chi connectivity index (χ0) is 15.5. The Hall–Kier alpha value is -1.17. The van der Waals surface area contributed by atoms with Gasteiger partial charge in [0.25, 0.3) is 5.69 Å². The molecule has 0 bridgehead atoms. The van der Waals surface area contributed by atoms with Crippen LogP contribution in [0.5, 0.6) is 0 Å². The monoisotopic (exact) mass is 312 g/mol. The second-order valence-electron chi connectivity index (χ2n) is 6.06. The highest BCUT2D eigenvalue weighted by atomic mass is 35.5. The van der Waals surface area contributed by atoms with Gasteiger partial charge in [-0.05, 0) is 30.4 Å². The quantitative estimate of drug-likeness (QED) is 0.646. The highest BCUT2D eigenvalue weighted by molar-refractivity contribution is 6.31. The molecular weight excluding hydrogens is 292 g/mol. The zero-order valence-electron chi connectivity index (χ0n) is 12.1. The standard InChI is InChI=1S/C15H21ClN2O3/c1-11-3-2-6-15(19,8-11)10-17-9-12-4-5-13(18(20)21)7-14(12)16/h4-5,7,11,17,19H,2-3,6,8-10H2,1H3. The fraction of sp³-hybridized carbons (Fsp3) is 0.600. The molecule has 0 amide bonds. The Balaban J connectivity index is 1.90. The van der Waals surface area contributed by atoms with Gasteiger partial charge in [0.1, 0.15) is 0 Å². The molecule has 2 N–H and O–H groups in total. The van der Waals surface area contributed by atoms with Gasteiger partial charge in [-0.1, -0.05) is 31.4 Å². The number of nitro groups is 1. The normalized spacial score (nSPS) is 25.8. The van der Waals surface area contributed by atoms with Crippen molar-refractivity contribution in [2.75, 3.05) is 6.54 Å². The maximum absolute atomic E-state index is 10.7. The predicted molar refractivity (Wildman–Crippen MR) is 82.4 cm³/mol. The van der Waals surface area contributed by atoms with E-state index in [1.807, 2.05) is 0 Å². The number of benzene rings is 1. The van der Waals surface area contributed by atoms with E-state index in [2.05, 4.69) is 12.2 Å². The van der Waals surface area contributed by atoms with Crippen molar-refractivity contribution in [2.45, 2.75) is 44.8 Å². The van der Waals surface area contributed by atoms with E-state index in [1.54, 1.807) is 6.07 Å². The van der Waals surface area contributed by atoms with Crippen molar-refractivity contribution >= 4 is 17.3 Å². The van der Waals surface area contributed by atoms with Crippen LogP contribution in [0.15, 0.2) is 18.2 Å². The van der Waals surface area contributed by atoms with Crippen LogP contribution < -0.4 is 5.32 Å². The van der Waals surface area contributed by atoms with Gasteiger partial charge in [-0.25, -0.2) is 0 Å². The van der Waals surface area contributed by atoms with Gasteiger partial charge in [0.05, 0.1) is 15.5 Å². The van der Waals surface area contributed by atoms with Gasteiger partial charge in [0, 0.05) is 25.2 Å². The Kier molecular flexibility index (Phi) is 5.19. The summed E-state index contributed by atoms with van der Waals surface area (Å²) in [6.45, 7) is 3.18. The summed E-state index contributed by atoms with van der Waals surface area (Å²) in [6.07, 6.45) is 3.86. The van der Waals surface area contributed by atoms with Crippen LogP contribution in [0.4, 0.5) is 5.69 Å². The Morgan fingerprint density at radius 3 is 2.95 bits per heavy atom. The van der Waals surface area contributed by atoms with Gasteiger partial charge in [-0.2, -0.15) is 0 Å². The number of hydrogen-bond acceptors (Lipinski definition) is 4. The molecular formula is C15H21ClN2O3. The molecule has 1 saturated carbocycles. The first-order valence-electron chi connectivity index (χ1n) is 7.25. The van der Waals surface area contributed by atoms with Crippen molar-refractivity contribution in [3.63, 3.8) is 0 Å². The van der Waals surface area contributed by atoms with Crippen molar-refractivity contribution in [3.05, 3.63) is 38.9 Å². The van der Waals surface area contributed by atoms with Crippen molar-refractivity contribution < 1.29 is 10.0 Å². The molecule has 1 aromatic carbocycles. The molecule has 2 unspecified atom stereocenters. The number of halogens is 1. The van der Waals surface area contributed by atoms with E-state index in [1.165, 1.54) is 18.6 Å². The molecule has 1 aliphatic carbocycles. The van der Waals surface area contributed by atoms with Crippen LogP contribution in [0.2, 0.25) is 5.02 Å². The molecule has 0 radical (unpaired) electrons. The van der Waals surface area contributed by atoms with Crippen LogP contribution in [-0.4, -0.2) is 22.2 Å². The highest BCUT2D eigenvalue weighted by Crippen LogP contribution is 2.31. The molecule has 1 fully saturated rings. The van der Waals surface area contributed by atoms with Crippen molar-refractivity contribution in [1.82, 2.24) is 5.32 Å². The van der Waals surface area contributed by atoms with E-state index < -0.39 is 10.5 Å². The minimum Gasteiger partial charge on any atom is -0.389 e. The number of hydrogen-bond donors (Lipinski definition) is 2. The number of non-ortho nitro benzene ring substituents is 1. The lowest BCUT2D eigenvalue weighted by Crippen LogP contribution is -2.43. The number of nitro benzene ring substituents is 1. The molecule has 1 aromatic rings. The van der Waals surface area contributed by atoms with Crippen LogP contribution in [0.3, 0.4) is 0 Å². The van der Waals surface area contributed by atoms with Crippen LogP contribution in [0, 0.1) is 16.0 Å². The van der Waals surface area contributed by atoms with Gasteiger partial charge in [-0.3, -0.25) is 10.1 Å². The summed E-state index contributed by atoms with van der Waals surface area (Å²) < 4.78 is 0. The summed E-state index contributed by atoms with van der Waals surface area (Å²) >= 11 is 6.05. The van der Waals surface area contributed by atoms with E-state index in [0.717, 1.165) is 24.8 Å². The number of nitrogens with one attached hydrogen (secondary N) is 1. The smallest absolute Gasteiger partial charge is 0.270 e. The van der Waals surface area contributed by atoms with E-state index >= 15 is 0 Å². The zero-order valence-corrected chi connectivity index (χ0v) is 12.9. The first kappa shape index (κ1) is 16.2. The molecule has 0 aromatic heterocycles. The van der Waals surface area contributed by atoms with E-state index in [-0.39, 0.29) is 5.69 Å². The molecule has 2 rings (SSSR count). The molecule has 5 nitrogen and oxygen atoms in total. The van der Waals surface area contributed by atoms with Crippen LogP contribution >= 0.6 is 11.6 Å². The topological polar surface area (TPSA) is 75.4 Å². The minimum atomic E-state index is -0.648. The van der Waals surface area contributed by atoms with Gasteiger partial charge >= 0.3 is 0 Å². The summed E-state index contributed by atoms with van der Waals surface area (Å²) in [5, 5.41) is 24.8. The number of rotatable bonds is 5. The fourth-order valence-electron chi connectivity index (χ4n) is 3.02. The highest BCUT2D eigenvalue weighted by Gasteiger charge is 2.32. The van der Waals surface area contributed by atoms with Gasteiger partial charge in [-0.15, -0.1) is 0 Å². The predicted octanol–water partition coefficient (Wildman–Crippen LogP) is 3.28. The van der Waals surface area contributed by atoms with Gasteiger partial charge < -0.3 is 10.4 Å². The van der Waals surface area contributed by atoms with Crippen LogP contribution in [0.1, 0.15) is 38.2 Å². The SMILES string of the molecule is CC1CCCC(O)(CNCc2ccc([N+](=O)[O-])cc2Cl)C1. The van der Waals surface area contributed by atoms with E-state index in [9.17, 15) is 15.2 Å². The molecule has 0 heterocycles. The molecule has 0 spiro atoms. The molecule has 6 heteroatoms. The second kappa shape index (κ2) is 6.73. The molecule has 116 valence electrons. The summed E-state index contributed by atoms with van der Waals surface area (Å²) in [5.41, 5.74) is 0.142. The number of nitrogens with zero attached hydrogens (tertiary/aromatic N) is 1. The van der Waals surface area contributed by atoms with Crippen LogP contribution in [-0.2, 0) is 6.54 Å². The molecule has 21 heavy (non-hydrogen) atoms. The third-order valence-corrected chi connectivity index (χ3v) is 4.44. The third-order valence-electron chi connectivity index (χ3n) is 4.08. The Morgan fingerprint density at radius 1 is 1.57 bits per heavy atom. The van der Waals surface area contributed by atoms with Crippen molar-refractivity contribution in [1.29, 1.82) is 0 Å². The summed E-state index contributed by atoms with van der Waals surface area (Å²) in [5.74, 6) is 0.550. The largest absolute Gasteiger partial charge is 0.389 e. The first-order chi connectivity index (χ1) is 9.89. The first-order valence-corrected chi connectivity index (χ1v) is 7.63. The summed E-state index contributed by atoms with van der Waals surface area (Å²) in [7, 11) is 0. The fourth-order valence-corrected chi connectivity index (χ4v) is 3.26. The Bertz CT molecular complexity index is 524. The average Bonchev–Trinajstić information content (AvgIpc) is 2.40. The van der Waals surface area contributed by atoms with Crippen LogP contribution in [0.25, 0.3) is 0 Å². The maximum Gasteiger partial charge on any atom is 0.270 e. The number of aliphatic hydroxyl groups is 1. The van der Waals surface area contributed by atoms with Gasteiger partial charge in [0.2, 0.25) is 0 Å². The van der Waals surface area contributed by atoms with Crippen molar-refractivity contribution in [2.24, 2.45) is 5.92 Å². The van der Waals surface area contributed by atoms with E-state index in [0.29, 0.717) is 24.0 Å². The molecule has 1 aliphatic rings. The summed E-state index contributed by atoms with van der Waals surface area (Å²) in [4.78, 5) is 10.2. The summed E-state index contributed by atoms with van der Waals surface area (Å²) in [6, 6.07) is 4.46. The molecule has 0 aliphatic heterocycles. The maximum atomic E-state index is 10.7.